The number of H-pyrrole nitrogens is 1. The molecule has 2 N–H and O–H groups in total. The molecule has 7 nitrogen and oxygen atoms in total. The van der Waals surface area contributed by atoms with Gasteiger partial charge in [0.05, 0.1) is 25.8 Å². The SMILES string of the molecule is CCOc1cc(CNn2c(-c3ccccc3OC)n[nH]c2=S)c(Cl)cc1OCc1c(Cl)cccc1Cl. The quantitative estimate of drug-likeness (QED) is 0.197. The average Bonchev–Trinajstić information content (AvgIpc) is 3.24. The average molecular weight is 566 g/mol. The zero-order valence-corrected chi connectivity index (χ0v) is 22.6. The zero-order valence-electron chi connectivity index (χ0n) is 19.5. The second-order valence-electron chi connectivity index (χ2n) is 7.54. The summed E-state index contributed by atoms with van der Waals surface area (Å²) < 4.78 is 19.4. The van der Waals surface area contributed by atoms with Crippen LogP contribution in [0.1, 0.15) is 18.1 Å². The number of hydrogen-bond acceptors (Lipinski definition) is 6. The summed E-state index contributed by atoms with van der Waals surface area (Å²) in [5, 5.41) is 8.71. The molecule has 0 saturated heterocycles. The molecule has 0 unspecified atom stereocenters. The van der Waals surface area contributed by atoms with E-state index in [0.717, 1.165) is 11.1 Å². The van der Waals surface area contributed by atoms with E-state index in [-0.39, 0.29) is 6.61 Å². The van der Waals surface area contributed by atoms with Crippen LogP contribution in [0.5, 0.6) is 17.2 Å². The Balaban J connectivity index is 1.58. The van der Waals surface area contributed by atoms with Gasteiger partial charge in [-0.25, -0.2) is 9.77 Å². The molecule has 0 radical (unpaired) electrons. The highest BCUT2D eigenvalue weighted by atomic mass is 35.5. The Labute approximate surface area is 228 Å². The fraction of sp³-hybridized carbons (Fsp3) is 0.200. The summed E-state index contributed by atoms with van der Waals surface area (Å²) >= 11 is 24.6. The van der Waals surface area contributed by atoms with Gasteiger partial charge < -0.3 is 19.6 Å². The number of benzene rings is 3. The molecule has 0 aliphatic heterocycles. The molecule has 0 atom stereocenters. The molecule has 0 aliphatic carbocycles. The molecular formula is C25H23Cl3N4O3S. The van der Waals surface area contributed by atoms with Crippen molar-refractivity contribution in [3.8, 4) is 28.6 Å². The van der Waals surface area contributed by atoms with Gasteiger partial charge in [-0.15, -0.1) is 0 Å². The largest absolute Gasteiger partial charge is 0.496 e. The number of nitrogens with one attached hydrogen (secondary N) is 2. The fourth-order valence-corrected chi connectivity index (χ4v) is 4.46. The number of aromatic amines is 1. The van der Waals surface area contributed by atoms with Gasteiger partial charge in [-0.3, -0.25) is 0 Å². The van der Waals surface area contributed by atoms with E-state index in [1.165, 1.54) is 0 Å². The maximum Gasteiger partial charge on any atom is 0.214 e. The topological polar surface area (TPSA) is 73.3 Å². The van der Waals surface area contributed by atoms with Gasteiger partial charge in [-0.05, 0) is 55.0 Å². The van der Waals surface area contributed by atoms with Crippen molar-refractivity contribution in [1.82, 2.24) is 14.9 Å². The van der Waals surface area contributed by atoms with Crippen LogP contribution in [0.2, 0.25) is 15.1 Å². The van der Waals surface area contributed by atoms with Crippen molar-refractivity contribution in [2.45, 2.75) is 20.1 Å². The number of rotatable bonds is 10. The second kappa shape index (κ2) is 11.9. The Bertz CT molecular complexity index is 1400. The Hall–Kier alpha value is -2.91. The molecule has 0 amide bonds. The lowest BCUT2D eigenvalue weighted by Gasteiger charge is -2.17. The highest BCUT2D eigenvalue weighted by Gasteiger charge is 2.16. The van der Waals surface area contributed by atoms with E-state index in [4.69, 9.17) is 61.2 Å². The van der Waals surface area contributed by atoms with Crippen molar-refractivity contribution in [2.24, 2.45) is 0 Å². The molecule has 11 heteroatoms. The van der Waals surface area contributed by atoms with Crippen molar-refractivity contribution in [1.29, 1.82) is 0 Å². The van der Waals surface area contributed by atoms with Crippen molar-refractivity contribution >= 4 is 47.0 Å². The summed E-state index contributed by atoms with van der Waals surface area (Å²) in [5.74, 6) is 2.28. The van der Waals surface area contributed by atoms with Crippen molar-refractivity contribution in [3.63, 3.8) is 0 Å². The minimum absolute atomic E-state index is 0.166. The van der Waals surface area contributed by atoms with Crippen LogP contribution in [-0.4, -0.2) is 28.6 Å². The Morgan fingerprint density at radius 1 is 0.944 bits per heavy atom. The maximum absolute atomic E-state index is 6.62. The predicted molar refractivity (Wildman–Crippen MR) is 146 cm³/mol. The first-order valence-electron chi connectivity index (χ1n) is 11.0. The van der Waals surface area contributed by atoms with E-state index in [2.05, 4.69) is 15.6 Å². The monoisotopic (exact) mass is 564 g/mol. The van der Waals surface area contributed by atoms with Gasteiger partial charge in [0.25, 0.3) is 0 Å². The number of nitrogens with zero attached hydrogens (tertiary/aromatic N) is 2. The number of hydrogen-bond donors (Lipinski definition) is 2. The Morgan fingerprint density at radius 3 is 2.39 bits per heavy atom. The molecule has 0 spiro atoms. The van der Waals surface area contributed by atoms with Gasteiger partial charge in [0.1, 0.15) is 12.4 Å². The van der Waals surface area contributed by atoms with Crippen LogP contribution >= 0.6 is 47.0 Å². The zero-order chi connectivity index (χ0) is 25.7. The van der Waals surface area contributed by atoms with Gasteiger partial charge >= 0.3 is 0 Å². The van der Waals surface area contributed by atoms with E-state index in [0.29, 0.717) is 61.6 Å². The lowest BCUT2D eigenvalue weighted by atomic mass is 10.2. The lowest BCUT2D eigenvalue weighted by molar-refractivity contribution is 0.269. The Kier molecular flexibility index (Phi) is 8.64. The van der Waals surface area contributed by atoms with Gasteiger partial charge in [0, 0.05) is 26.7 Å². The van der Waals surface area contributed by atoms with E-state index in [1.807, 2.05) is 37.3 Å². The van der Waals surface area contributed by atoms with Crippen LogP contribution < -0.4 is 19.6 Å². The fourth-order valence-electron chi connectivity index (χ4n) is 3.53. The lowest BCUT2D eigenvalue weighted by Crippen LogP contribution is -2.16. The van der Waals surface area contributed by atoms with Crippen LogP contribution in [0, 0.1) is 4.77 Å². The molecule has 4 aromatic rings. The molecule has 188 valence electrons. The number of aromatic nitrogens is 3. The Morgan fingerprint density at radius 2 is 1.67 bits per heavy atom. The summed E-state index contributed by atoms with van der Waals surface area (Å²) in [5.41, 5.74) is 5.52. The third-order valence-electron chi connectivity index (χ3n) is 5.29. The predicted octanol–water partition coefficient (Wildman–Crippen LogP) is 7.30. The first-order chi connectivity index (χ1) is 17.4. The van der Waals surface area contributed by atoms with Crippen LogP contribution in [0.15, 0.2) is 54.6 Å². The van der Waals surface area contributed by atoms with E-state index < -0.39 is 0 Å². The molecule has 0 saturated carbocycles. The third-order valence-corrected chi connectivity index (χ3v) is 6.63. The highest BCUT2D eigenvalue weighted by Crippen LogP contribution is 2.36. The van der Waals surface area contributed by atoms with Crippen molar-refractivity contribution < 1.29 is 14.2 Å². The number of methoxy groups -OCH3 is 1. The molecule has 1 heterocycles. The van der Waals surface area contributed by atoms with Crippen LogP contribution in [0.3, 0.4) is 0 Å². The minimum atomic E-state index is 0.166. The van der Waals surface area contributed by atoms with Gasteiger partial charge in [0.15, 0.2) is 17.3 Å². The summed E-state index contributed by atoms with van der Waals surface area (Å²) in [6, 6.07) is 16.4. The molecular weight excluding hydrogens is 543 g/mol. The van der Waals surface area contributed by atoms with Crippen LogP contribution in [0.4, 0.5) is 0 Å². The van der Waals surface area contributed by atoms with Gasteiger partial charge in [-0.1, -0.05) is 53.0 Å². The van der Waals surface area contributed by atoms with Gasteiger partial charge in [0.2, 0.25) is 4.77 Å². The number of para-hydroxylation sites is 1. The van der Waals surface area contributed by atoms with Crippen LogP contribution in [0.25, 0.3) is 11.4 Å². The van der Waals surface area contributed by atoms with Gasteiger partial charge in [-0.2, -0.15) is 5.10 Å². The number of ether oxygens (including phenoxy) is 3. The smallest absolute Gasteiger partial charge is 0.214 e. The number of halogens is 3. The van der Waals surface area contributed by atoms with E-state index in [9.17, 15) is 0 Å². The standard InChI is InChI=1S/C25H23Cl3N4O3S/c1-3-34-22-11-15(20(28)12-23(22)35-14-17-18(26)8-6-9-19(17)27)13-29-32-24(30-31-25(32)36)16-7-4-5-10-21(16)33-2/h4-12,29H,3,13-14H2,1-2H3,(H,31,36). The molecule has 36 heavy (non-hydrogen) atoms. The third kappa shape index (κ3) is 5.73. The minimum Gasteiger partial charge on any atom is -0.496 e. The first-order valence-corrected chi connectivity index (χ1v) is 12.5. The molecule has 4 rings (SSSR count). The van der Waals surface area contributed by atoms with E-state index in [1.54, 1.807) is 36.1 Å². The van der Waals surface area contributed by atoms with E-state index >= 15 is 0 Å². The van der Waals surface area contributed by atoms with Crippen LogP contribution in [-0.2, 0) is 13.2 Å². The summed E-state index contributed by atoms with van der Waals surface area (Å²) in [6.07, 6.45) is 0. The summed E-state index contributed by atoms with van der Waals surface area (Å²) in [4.78, 5) is 0. The normalized spacial score (nSPS) is 10.8. The first kappa shape index (κ1) is 26.2. The molecule has 1 aromatic heterocycles. The summed E-state index contributed by atoms with van der Waals surface area (Å²) in [6.45, 7) is 2.85. The van der Waals surface area contributed by atoms with Crippen molar-refractivity contribution in [3.05, 3.63) is 85.6 Å². The molecule has 0 fully saturated rings. The highest BCUT2D eigenvalue weighted by molar-refractivity contribution is 7.71. The maximum atomic E-state index is 6.62. The van der Waals surface area contributed by atoms with Crippen molar-refractivity contribution in [2.75, 3.05) is 19.1 Å². The molecule has 3 aromatic carbocycles. The molecule has 0 aliphatic rings. The second-order valence-corrected chi connectivity index (χ2v) is 9.14. The molecule has 0 bridgehead atoms. The summed E-state index contributed by atoms with van der Waals surface area (Å²) in [7, 11) is 1.61.